The maximum absolute atomic E-state index is 9.26. The van der Waals surface area contributed by atoms with E-state index in [1.807, 2.05) is 12.1 Å². The molecule has 0 aromatic carbocycles. The minimum atomic E-state index is -0.565. The zero-order chi connectivity index (χ0) is 9.52. The van der Waals surface area contributed by atoms with Gasteiger partial charge in [0.15, 0.2) is 0 Å². The Morgan fingerprint density at radius 3 is 3.15 bits per heavy atom. The van der Waals surface area contributed by atoms with Crippen LogP contribution in [-0.4, -0.2) is 16.2 Å². The summed E-state index contributed by atoms with van der Waals surface area (Å²) in [5.74, 6) is 2.39. The zero-order valence-electron chi connectivity index (χ0n) is 7.22. The molecule has 1 rings (SSSR count). The van der Waals surface area contributed by atoms with Crippen molar-refractivity contribution in [1.82, 2.24) is 4.98 Å². The molecule has 0 fully saturated rings. The van der Waals surface area contributed by atoms with E-state index in [-0.39, 0.29) is 0 Å². The van der Waals surface area contributed by atoms with Crippen LogP contribution in [0.3, 0.4) is 0 Å². The van der Waals surface area contributed by atoms with Crippen molar-refractivity contribution in [2.45, 2.75) is 12.5 Å². The first-order valence-electron chi connectivity index (χ1n) is 4.02. The number of nitrogens with zero attached hydrogens (tertiary/aromatic N) is 1. The number of terminal acetylenes is 1. The van der Waals surface area contributed by atoms with Gasteiger partial charge >= 0.3 is 0 Å². The van der Waals surface area contributed by atoms with Gasteiger partial charge in [-0.3, -0.25) is 4.98 Å². The highest BCUT2D eigenvalue weighted by atomic mass is 16.3. The lowest BCUT2D eigenvalue weighted by molar-refractivity contribution is 0.230. The molecule has 0 saturated carbocycles. The smallest absolute Gasteiger partial charge is 0.0833 e. The third-order valence-corrected chi connectivity index (χ3v) is 1.52. The molecule has 1 aromatic heterocycles. The first-order chi connectivity index (χ1) is 6.33. The molecule has 0 saturated heterocycles. The second kappa shape index (κ2) is 5.13. The summed E-state index contributed by atoms with van der Waals surface area (Å²) < 4.78 is 0. The molecule has 2 nitrogen and oxygen atoms in total. The first-order valence-corrected chi connectivity index (χ1v) is 4.02. The molecule has 1 atom stereocenters. The monoisotopic (exact) mass is 173 g/mol. The lowest BCUT2D eigenvalue weighted by Crippen LogP contribution is -1.98. The molecule has 66 valence electrons. The number of rotatable bonds is 3. The van der Waals surface area contributed by atoms with Crippen LogP contribution in [0.15, 0.2) is 30.6 Å². The average Bonchev–Trinajstić information content (AvgIpc) is 2.17. The third kappa shape index (κ3) is 3.55. The van der Waals surface area contributed by atoms with Gasteiger partial charge in [-0.05, 0) is 11.6 Å². The van der Waals surface area contributed by atoms with E-state index in [9.17, 15) is 5.11 Å². The molecule has 1 unspecified atom stereocenters. The number of hydrogen-bond donors (Lipinski definition) is 1. The van der Waals surface area contributed by atoms with Gasteiger partial charge in [0.1, 0.15) is 0 Å². The molecule has 0 aliphatic heterocycles. The molecule has 1 heterocycles. The Bertz CT molecular complexity index is 311. The maximum Gasteiger partial charge on any atom is 0.0833 e. The number of pyridine rings is 1. The standard InChI is InChI=1S/C11H11NO/c1-2-4-11(13)7-6-10-5-3-8-12-9-10/h1,3,5-9,11,13H,4H2/b7-6+. The lowest BCUT2D eigenvalue weighted by atomic mass is 10.2. The Hall–Kier alpha value is -1.59. The molecule has 0 bridgehead atoms. The molecule has 0 aliphatic rings. The van der Waals surface area contributed by atoms with Gasteiger partial charge in [0.2, 0.25) is 0 Å². The summed E-state index contributed by atoms with van der Waals surface area (Å²) in [5, 5.41) is 9.26. The summed E-state index contributed by atoms with van der Waals surface area (Å²) >= 11 is 0. The number of hydrogen-bond acceptors (Lipinski definition) is 2. The van der Waals surface area contributed by atoms with Gasteiger partial charge in [-0.15, -0.1) is 12.3 Å². The van der Waals surface area contributed by atoms with Crippen LogP contribution in [0.4, 0.5) is 0 Å². The normalized spacial score (nSPS) is 12.6. The molecule has 1 aromatic rings. The highest BCUT2D eigenvalue weighted by molar-refractivity contribution is 5.47. The van der Waals surface area contributed by atoms with Crippen molar-refractivity contribution in [3.8, 4) is 12.3 Å². The van der Waals surface area contributed by atoms with E-state index in [1.165, 1.54) is 0 Å². The minimum Gasteiger partial charge on any atom is -0.388 e. The van der Waals surface area contributed by atoms with Crippen LogP contribution in [0, 0.1) is 12.3 Å². The molecule has 1 N–H and O–H groups in total. The second-order valence-corrected chi connectivity index (χ2v) is 2.62. The van der Waals surface area contributed by atoms with Crippen LogP contribution in [0.5, 0.6) is 0 Å². The topological polar surface area (TPSA) is 33.1 Å². The largest absolute Gasteiger partial charge is 0.388 e. The van der Waals surface area contributed by atoms with Crippen LogP contribution >= 0.6 is 0 Å². The highest BCUT2D eigenvalue weighted by Crippen LogP contribution is 2.01. The fourth-order valence-corrected chi connectivity index (χ4v) is 0.886. The van der Waals surface area contributed by atoms with Crippen LogP contribution < -0.4 is 0 Å². The van der Waals surface area contributed by atoms with E-state index in [4.69, 9.17) is 6.42 Å². The molecule has 0 aliphatic carbocycles. The van der Waals surface area contributed by atoms with Crippen molar-refractivity contribution in [2.24, 2.45) is 0 Å². The molecule has 0 amide bonds. The van der Waals surface area contributed by atoms with Gasteiger partial charge in [-0.2, -0.15) is 0 Å². The molecular weight excluding hydrogens is 162 g/mol. The van der Waals surface area contributed by atoms with Gasteiger partial charge in [-0.25, -0.2) is 0 Å². The summed E-state index contributed by atoms with van der Waals surface area (Å²) in [6.45, 7) is 0. The van der Waals surface area contributed by atoms with E-state index < -0.39 is 6.10 Å². The number of aliphatic hydroxyl groups is 1. The van der Waals surface area contributed by atoms with Gasteiger partial charge in [-0.1, -0.05) is 18.2 Å². The van der Waals surface area contributed by atoms with Crippen molar-refractivity contribution in [3.63, 3.8) is 0 Å². The molecule has 0 radical (unpaired) electrons. The Kier molecular flexibility index (Phi) is 3.74. The van der Waals surface area contributed by atoms with Crippen LogP contribution in [0.25, 0.3) is 6.08 Å². The van der Waals surface area contributed by atoms with Crippen LogP contribution in [0.2, 0.25) is 0 Å². The molecule has 13 heavy (non-hydrogen) atoms. The van der Waals surface area contributed by atoms with E-state index in [1.54, 1.807) is 24.5 Å². The predicted molar refractivity (Wildman–Crippen MR) is 52.7 cm³/mol. The van der Waals surface area contributed by atoms with E-state index in [2.05, 4.69) is 10.9 Å². The summed E-state index contributed by atoms with van der Waals surface area (Å²) in [4.78, 5) is 3.94. The van der Waals surface area contributed by atoms with Crippen molar-refractivity contribution >= 4 is 6.08 Å². The van der Waals surface area contributed by atoms with Crippen molar-refractivity contribution < 1.29 is 5.11 Å². The van der Waals surface area contributed by atoms with E-state index >= 15 is 0 Å². The Balaban J connectivity index is 2.55. The van der Waals surface area contributed by atoms with Crippen molar-refractivity contribution in [3.05, 3.63) is 36.2 Å². The lowest BCUT2D eigenvalue weighted by Gasteiger charge is -1.97. The first kappa shape index (κ1) is 9.50. The van der Waals surface area contributed by atoms with Crippen LogP contribution in [0.1, 0.15) is 12.0 Å². The van der Waals surface area contributed by atoms with E-state index in [0.717, 1.165) is 5.56 Å². The fraction of sp³-hybridized carbons (Fsp3) is 0.182. The SMILES string of the molecule is C#CCC(O)/C=C/c1cccnc1. The van der Waals surface area contributed by atoms with Gasteiger partial charge in [0.25, 0.3) is 0 Å². The molecule has 0 spiro atoms. The summed E-state index contributed by atoms with van der Waals surface area (Å²) in [6.07, 6.45) is 11.7. The minimum absolute atomic E-state index is 0.344. The number of aromatic nitrogens is 1. The predicted octanol–water partition coefficient (Wildman–Crippen LogP) is 1.48. The summed E-state index contributed by atoms with van der Waals surface area (Å²) in [6, 6.07) is 3.75. The third-order valence-electron chi connectivity index (χ3n) is 1.52. The second-order valence-electron chi connectivity index (χ2n) is 2.62. The molecule has 2 heteroatoms. The Morgan fingerprint density at radius 1 is 1.69 bits per heavy atom. The van der Waals surface area contributed by atoms with E-state index in [0.29, 0.717) is 6.42 Å². The maximum atomic E-state index is 9.26. The Labute approximate surface area is 77.9 Å². The average molecular weight is 173 g/mol. The fourth-order valence-electron chi connectivity index (χ4n) is 0.886. The quantitative estimate of drug-likeness (QED) is 0.702. The summed E-state index contributed by atoms with van der Waals surface area (Å²) in [5.41, 5.74) is 0.957. The Morgan fingerprint density at radius 2 is 2.54 bits per heavy atom. The number of aliphatic hydroxyl groups excluding tert-OH is 1. The van der Waals surface area contributed by atoms with Gasteiger partial charge in [0.05, 0.1) is 6.10 Å². The molecular formula is C11H11NO. The highest BCUT2D eigenvalue weighted by Gasteiger charge is 1.93. The van der Waals surface area contributed by atoms with Crippen molar-refractivity contribution in [2.75, 3.05) is 0 Å². The zero-order valence-corrected chi connectivity index (χ0v) is 7.22. The van der Waals surface area contributed by atoms with Gasteiger partial charge in [0, 0.05) is 18.8 Å². The van der Waals surface area contributed by atoms with Crippen molar-refractivity contribution in [1.29, 1.82) is 0 Å². The summed E-state index contributed by atoms with van der Waals surface area (Å²) in [7, 11) is 0. The van der Waals surface area contributed by atoms with Gasteiger partial charge < -0.3 is 5.11 Å². The van der Waals surface area contributed by atoms with Crippen LogP contribution in [-0.2, 0) is 0 Å².